The first-order valence-electron chi connectivity index (χ1n) is 10.2. The zero-order valence-electron chi connectivity index (χ0n) is 17.5. The Morgan fingerprint density at radius 3 is 2.26 bits per heavy atom. The molecule has 5 heteroatoms. The summed E-state index contributed by atoms with van der Waals surface area (Å²) in [5.41, 5.74) is 3.71. The van der Waals surface area contributed by atoms with Gasteiger partial charge in [0.15, 0.2) is 12.4 Å². The molecule has 0 aliphatic rings. The van der Waals surface area contributed by atoms with Gasteiger partial charge in [0.05, 0.1) is 17.7 Å². The molecule has 0 amide bonds. The summed E-state index contributed by atoms with van der Waals surface area (Å²) in [5, 5.41) is 0.726. The number of Topliss-reactive ketones (excluding diaryl/α,β-unsaturated/α-hetero) is 1. The minimum absolute atomic E-state index is 0.0807. The van der Waals surface area contributed by atoms with Gasteiger partial charge in [0, 0.05) is 22.3 Å². The van der Waals surface area contributed by atoms with E-state index in [9.17, 15) is 9.59 Å². The fourth-order valence-electron chi connectivity index (χ4n) is 3.71. The van der Waals surface area contributed by atoms with Gasteiger partial charge < -0.3 is 14.0 Å². The number of hydrogen-bond acceptors (Lipinski definition) is 4. The Kier molecular flexibility index (Phi) is 5.85. The van der Waals surface area contributed by atoms with Gasteiger partial charge in [-0.05, 0) is 44.2 Å². The van der Waals surface area contributed by atoms with E-state index in [1.54, 1.807) is 25.1 Å². The molecule has 0 saturated heterocycles. The molecule has 1 heterocycles. The monoisotopic (exact) mass is 413 g/mol. The number of carbonyl (C=O) groups excluding carboxylic acids is 2. The Balaban J connectivity index is 1.73. The highest BCUT2D eigenvalue weighted by Gasteiger charge is 2.22. The number of carbonyl (C=O) groups is 2. The molecule has 0 spiro atoms. The van der Waals surface area contributed by atoms with Crippen LogP contribution in [0, 0.1) is 6.92 Å². The summed E-state index contributed by atoms with van der Waals surface area (Å²) >= 11 is 0. The molecular weight excluding hydrogens is 390 g/mol. The van der Waals surface area contributed by atoms with Gasteiger partial charge in [0.25, 0.3) is 0 Å². The third kappa shape index (κ3) is 4.08. The first kappa shape index (κ1) is 20.4. The van der Waals surface area contributed by atoms with Gasteiger partial charge in [-0.25, -0.2) is 4.79 Å². The fraction of sp³-hybridized carbons (Fsp3) is 0.154. The molecule has 31 heavy (non-hydrogen) atoms. The molecule has 3 aromatic carbocycles. The molecule has 5 nitrogen and oxygen atoms in total. The third-order valence-electron chi connectivity index (χ3n) is 5.14. The van der Waals surface area contributed by atoms with Crippen molar-refractivity contribution in [3.8, 4) is 11.4 Å². The maximum Gasteiger partial charge on any atom is 0.340 e. The zero-order valence-corrected chi connectivity index (χ0v) is 17.5. The maximum atomic E-state index is 12.8. The number of hydrogen-bond donors (Lipinski definition) is 0. The molecule has 0 aliphatic carbocycles. The standard InChI is InChI=1S/C26H23NO4/c1-3-30-26(29)25-18(2)27(20-12-8-5-9-13-20)23-15-14-21(16-22(23)25)31-17-24(28)19-10-6-4-7-11-19/h4-16H,3,17H2,1-2H3. The number of fused-ring (bicyclic) bond motifs is 1. The van der Waals surface area contributed by atoms with Gasteiger partial charge in [-0.1, -0.05) is 48.5 Å². The van der Waals surface area contributed by atoms with Crippen LogP contribution < -0.4 is 4.74 Å². The molecule has 4 rings (SSSR count). The molecule has 0 radical (unpaired) electrons. The van der Waals surface area contributed by atoms with Gasteiger partial charge in [0.1, 0.15) is 5.75 Å². The maximum absolute atomic E-state index is 12.8. The van der Waals surface area contributed by atoms with E-state index in [1.807, 2.05) is 72.2 Å². The highest BCUT2D eigenvalue weighted by atomic mass is 16.5. The van der Waals surface area contributed by atoms with Crippen molar-refractivity contribution in [1.82, 2.24) is 4.57 Å². The van der Waals surface area contributed by atoms with Crippen LogP contribution in [0.5, 0.6) is 5.75 Å². The van der Waals surface area contributed by atoms with Crippen molar-refractivity contribution >= 4 is 22.7 Å². The number of nitrogens with zero attached hydrogens (tertiary/aromatic N) is 1. The lowest BCUT2D eigenvalue weighted by atomic mass is 10.1. The number of para-hydroxylation sites is 1. The smallest absolute Gasteiger partial charge is 0.340 e. The van der Waals surface area contributed by atoms with E-state index in [0.717, 1.165) is 22.3 Å². The highest BCUT2D eigenvalue weighted by Crippen LogP contribution is 2.32. The van der Waals surface area contributed by atoms with E-state index < -0.39 is 0 Å². The van der Waals surface area contributed by atoms with Crippen LogP contribution in [0.25, 0.3) is 16.6 Å². The van der Waals surface area contributed by atoms with Crippen molar-refractivity contribution < 1.29 is 19.1 Å². The zero-order chi connectivity index (χ0) is 21.8. The normalized spacial score (nSPS) is 10.8. The second-order valence-corrected chi connectivity index (χ2v) is 7.11. The lowest BCUT2D eigenvalue weighted by molar-refractivity contribution is 0.0527. The van der Waals surface area contributed by atoms with Crippen molar-refractivity contribution in [3.63, 3.8) is 0 Å². The molecule has 0 N–H and O–H groups in total. The minimum Gasteiger partial charge on any atom is -0.485 e. The molecule has 0 bridgehead atoms. The third-order valence-corrected chi connectivity index (χ3v) is 5.14. The summed E-state index contributed by atoms with van der Waals surface area (Å²) in [6, 6.07) is 24.4. The largest absolute Gasteiger partial charge is 0.485 e. The van der Waals surface area contributed by atoms with Crippen LogP contribution in [0.1, 0.15) is 33.3 Å². The van der Waals surface area contributed by atoms with Crippen molar-refractivity contribution in [2.75, 3.05) is 13.2 Å². The quantitative estimate of drug-likeness (QED) is 0.302. The molecule has 1 aromatic heterocycles. The summed E-state index contributed by atoms with van der Waals surface area (Å²) in [6.07, 6.45) is 0. The molecule has 4 aromatic rings. The van der Waals surface area contributed by atoms with Gasteiger partial charge in [-0.15, -0.1) is 0 Å². The highest BCUT2D eigenvalue weighted by molar-refractivity contribution is 6.07. The van der Waals surface area contributed by atoms with E-state index in [0.29, 0.717) is 16.9 Å². The van der Waals surface area contributed by atoms with Crippen molar-refractivity contribution in [3.05, 3.63) is 95.7 Å². The van der Waals surface area contributed by atoms with E-state index in [4.69, 9.17) is 9.47 Å². The fourth-order valence-corrected chi connectivity index (χ4v) is 3.71. The van der Waals surface area contributed by atoms with Crippen molar-refractivity contribution in [2.24, 2.45) is 0 Å². The summed E-state index contributed by atoms with van der Waals surface area (Å²) in [7, 11) is 0. The predicted octanol–water partition coefficient (Wildman–Crippen LogP) is 5.38. The van der Waals surface area contributed by atoms with E-state index in [1.165, 1.54) is 0 Å². The number of benzene rings is 3. The average Bonchev–Trinajstić information content (AvgIpc) is 3.09. The van der Waals surface area contributed by atoms with Crippen molar-refractivity contribution in [1.29, 1.82) is 0 Å². The number of ketones is 1. The second kappa shape index (κ2) is 8.88. The van der Waals surface area contributed by atoms with Crippen LogP contribution in [-0.4, -0.2) is 29.5 Å². The average molecular weight is 413 g/mol. The Hall–Kier alpha value is -3.86. The van der Waals surface area contributed by atoms with E-state index in [-0.39, 0.29) is 25.0 Å². The SMILES string of the molecule is CCOC(=O)c1c(C)n(-c2ccccc2)c2ccc(OCC(=O)c3ccccc3)cc12. The van der Waals surface area contributed by atoms with Gasteiger partial charge in [0.2, 0.25) is 0 Å². The van der Waals surface area contributed by atoms with E-state index >= 15 is 0 Å². The number of esters is 1. The summed E-state index contributed by atoms with van der Waals surface area (Å²) in [5.74, 6) is 0.0362. The van der Waals surface area contributed by atoms with Crippen LogP contribution in [-0.2, 0) is 4.74 Å². The molecule has 0 saturated carbocycles. The molecular formula is C26H23NO4. The number of ether oxygens (including phenoxy) is 2. The second-order valence-electron chi connectivity index (χ2n) is 7.11. The van der Waals surface area contributed by atoms with Gasteiger partial charge in [-0.3, -0.25) is 4.79 Å². The van der Waals surface area contributed by atoms with Crippen LogP contribution in [0.15, 0.2) is 78.9 Å². The lowest BCUT2D eigenvalue weighted by Crippen LogP contribution is -2.11. The molecule has 0 fully saturated rings. The Bertz CT molecular complexity index is 1230. The summed E-state index contributed by atoms with van der Waals surface area (Å²) < 4.78 is 13.1. The summed E-state index contributed by atoms with van der Waals surface area (Å²) in [4.78, 5) is 25.1. The Morgan fingerprint density at radius 2 is 1.58 bits per heavy atom. The first-order chi connectivity index (χ1) is 15.1. The number of aromatic nitrogens is 1. The molecule has 0 atom stereocenters. The molecule has 0 aliphatic heterocycles. The van der Waals surface area contributed by atoms with E-state index in [2.05, 4.69) is 0 Å². The van der Waals surface area contributed by atoms with Gasteiger partial charge >= 0.3 is 5.97 Å². The van der Waals surface area contributed by atoms with Crippen LogP contribution in [0.3, 0.4) is 0 Å². The van der Waals surface area contributed by atoms with Crippen LogP contribution >= 0.6 is 0 Å². The number of rotatable bonds is 7. The molecule has 156 valence electrons. The first-order valence-corrected chi connectivity index (χ1v) is 10.2. The van der Waals surface area contributed by atoms with Crippen molar-refractivity contribution in [2.45, 2.75) is 13.8 Å². The van der Waals surface area contributed by atoms with Crippen LogP contribution in [0.4, 0.5) is 0 Å². The predicted molar refractivity (Wildman–Crippen MR) is 120 cm³/mol. The lowest BCUT2D eigenvalue weighted by Gasteiger charge is -2.09. The molecule has 0 unspecified atom stereocenters. The van der Waals surface area contributed by atoms with Gasteiger partial charge in [-0.2, -0.15) is 0 Å². The minimum atomic E-state index is -0.378. The summed E-state index contributed by atoms with van der Waals surface area (Å²) in [6.45, 7) is 3.90. The van der Waals surface area contributed by atoms with Crippen LogP contribution in [0.2, 0.25) is 0 Å². The topological polar surface area (TPSA) is 57.5 Å². The Morgan fingerprint density at radius 1 is 0.903 bits per heavy atom. The Labute approximate surface area is 180 Å².